The average Bonchev–Trinajstić information content (AvgIpc) is 2.47. The zero-order chi connectivity index (χ0) is 10.2. The van der Waals surface area contributed by atoms with E-state index in [2.05, 4.69) is 0 Å². The molecule has 0 spiro atoms. The molecule has 2 nitrogen and oxygen atoms in total. The van der Waals surface area contributed by atoms with Crippen LogP contribution in [0, 0.1) is 5.82 Å². The van der Waals surface area contributed by atoms with E-state index in [0.717, 1.165) is 17.5 Å². The third kappa shape index (κ3) is 1.33. The molecule has 14 heavy (non-hydrogen) atoms. The van der Waals surface area contributed by atoms with Gasteiger partial charge in [-0.05, 0) is 36.5 Å². The summed E-state index contributed by atoms with van der Waals surface area (Å²) in [6.07, 6.45) is 1.91. The van der Waals surface area contributed by atoms with Crippen LogP contribution in [0.2, 0.25) is 0 Å². The lowest BCUT2D eigenvalue weighted by Crippen LogP contribution is -2.35. The molecular formula is C11H14FNO. The van der Waals surface area contributed by atoms with E-state index < -0.39 is 5.54 Å². The van der Waals surface area contributed by atoms with Crippen molar-refractivity contribution in [3.05, 3.63) is 35.1 Å². The fourth-order valence-corrected chi connectivity index (χ4v) is 2.22. The number of aliphatic hydroxyl groups excluding tert-OH is 1. The van der Waals surface area contributed by atoms with E-state index in [4.69, 9.17) is 10.8 Å². The largest absolute Gasteiger partial charge is 0.396 e. The number of rotatable bonds is 2. The van der Waals surface area contributed by atoms with Crippen molar-refractivity contribution in [2.45, 2.75) is 24.8 Å². The van der Waals surface area contributed by atoms with E-state index >= 15 is 0 Å². The Balaban J connectivity index is 2.44. The molecule has 3 N–H and O–H groups in total. The lowest BCUT2D eigenvalue weighted by atomic mass is 9.90. The molecule has 0 heterocycles. The van der Waals surface area contributed by atoms with Crippen molar-refractivity contribution in [3.8, 4) is 0 Å². The molecule has 0 fully saturated rings. The molecule has 1 aromatic rings. The fourth-order valence-electron chi connectivity index (χ4n) is 2.22. The number of aliphatic hydroxyl groups is 1. The van der Waals surface area contributed by atoms with Crippen LogP contribution in [0.4, 0.5) is 4.39 Å². The van der Waals surface area contributed by atoms with Gasteiger partial charge in [0.25, 0.3) is 0 Å². The minimum absolute atomic E-state index is 0.0481. The van der Waals surface area contributed by atoms with Gasteiger partial charge in [-0.2, -0.15) is 0 Å². The number of hydrogen-bond donors (Lipinski definition) is 2. The summed E-state index contributed by atoms with van der Waals surface area (Å²) in [4.78, 5) is 0. The first-order valence-electron chi connectivity index (χ1n) is 4.85. The summed E-state index contributed by atoms with van der Waals surface area (Å²) in [7, 11) is 0. The summed E-state index contributed by atoms with van der Waals surface area (Å²) < 4.78 is 13.4. The van der Waals surface area contributed by atoms with E-state index in [1.54, 1.807) is 6.07 Å². The highest BCUT2D eigenvalue weighted by Crippen LogP contribution is 2.38. The van der Waals surface area contributed by atoms with Gasteiger partial charge in [-0.15, -0.1) is 0 Å². The Morgan fingerprint density at radius 3 is 3.00 bits per heavy atom. The zero-order valence-electron chi connectivity index (χ0n) is 7.96. The van der Waals surface area contributed by atoms with E-state index in [0.29, 0.717) is 12.8 Å². The van der Waals surface area contributed by atoms with Gasteiger partial charge < -0.3 is 10.8 Å². The number of fused-ring (bicyclic) bond motifs is 1. The number of nitrogens with two attached hydrogens (primary N) is 1. The molecule has 1 aliphatic carbocycles. The number of benzene rings is 1. The molecule has 76 valence electrons. The smallest absolute Gasteiger partial charge is 0.126 e. The number of hydrogen-bond acceptors (Lipinski definition) is 2. The van der Waals surface area contributed by atoms with E-state index in [1.165, 1.54) is 6.07 Å². The van der Waals surface area contributed by atoms with Gasteiger partial charge in [0.2, 0.25) is 0 Å². The van der Waals surface area contributed by atoms with Gasteiger partial charge in [-0.1, -0.05) is 12.1 Å². The maximum absolute atomic E-state index is 13.4. The van der Waals surface area contributed by atoms with E-state index in [-0.39, 0.29) is 12.4 Å². The maximum atomic E-state index is 13.4. The van der Waals surface area contributed by atoms with Crippen LogP contribution >= 0.6 is 0 Å². The minimum Gasteiger partial charge on any atom is -0.396 e. The second kappa shape index (κ2) is 3.33. The normalized spacial score (nSPS) is 25.1. The van der Waals surface area contributed by atoms with Crippen molar-refractivity contribution in [1.82, 2.24) is 0 Å². The first-order chi connectivity index (χ1) is 6.67. The molecule has 3 heteroatoms. The zero-order valence-corrected chi connectivity index (χ0v) is 7.96. The monoisotopic (exact) mass is 195 g/mol. The molecule has 0 saturated heterocycles. The molecule has 1 aliphatic rings. The molecule has 0 amide bonds. The van der Waals surface area contributed by atoms with Gasteiger partial charge in [0.1, 0.15) is 5.82 Å². The molecule has 0 aliphatic heterocycles. The molecule has 2 rings (SSSR count). The molecular weight excluding hydrogens is 181 g/mol. The third-order valence-corrected chi connectivity index (χ3v) is 3.03. The maximum Gasteiger partial charge on any atom is 0.126 e. The summed E-state index contributed by atoms with van der Waals surface area (Å²) >= 11 is 0. The molecule has 1 unspecified atom stereocenters. The van der Waals surface area contributed by atoms with Crippen LogP contribution in [0.3, 0.4) is 0 Å². The second-order valence-electron chi connectivity index (χ2n) is 3.90. The van der Waals surface area contributed by atoms with Crippen molar-refractivity contribution in [3.63, 3.8) is 0 Å². The molecule has 0 radical (unpaired) electrons. The van der Waals surface area contributed by atoms with Gasteiger partial charge in [-0.3, -0.25) is 0 Å². The van der Waals surface area contributed by atoms with Crippen molar-refractivity contribution in [2.75, 3.05) is 6.61 Å². The molecule has 0 bridgehead atoms. The predicted octanol–water partition coefficient (Wildman–Crippen LogP) is 1.31. The Morgan fingerprint density at radius 1 is 1.50 bits per heavy atom. The molecule has 0 aromatic heterocycles. The lowest BCUT2D eigenvalue weighted by Gasteiger charge is -2.24. The lowest BCUT2D eigenvalue weighted by molar-refractivity contribution is 0.238. The fraction of sp³-hybridized carbons (Fsp3) is 0.455. The van der Waals surface area contributed by atoms with Crippen LogP contribution in [0.1, 0.15) is 24.0 Å². The Hall–Kier alpha value is -0.930. The molecule has 0 saturated carbocycles. The van der Waals surface area contributed by atoms with Crippen LogP contribution < -0.4 is 5.73 Å². The van der Waals surface area contributed by atoms with Crippen LogP contribution in [0.25, 0.3) is 0 Å². The first kappa shape index (κ1) is 9.62. The summed E-state index contributed by atoms with van der Waals surface area (Å²) in [5.74, 6) is -0.173. The van der Waals surface area contributed by atoms with Gasteiger partial charge in [0.05, 0.1) is 0 Å². The van der Waals surface area contributed by atoms with Crippen molar-refractivity contribution in [1.29, 1.82) is 0 Å². The summed E-state index contributed by atoms with van der Waals surface area (Å²) in [5.41, 5.74) is 7.19. The quantitative estimate of drug-likeness (QED) is 0.747. The highest BCUT2D eigenvalue weighted by atomic mass is 19.1. The Labute approximate surface area is 82.5 Å². The minimum atomic E-state index is -0.522. The second-order valence-corrected chi connectivity index (χ2v) is 3.90. The topological polar surface area (TPSA) is 46.2 Å². The Bertz CT molecular complexity index is 353. The van der Waals surface area contributed by atoms with Crippen molar-refractivity contribution < 1.29 is 9.50 Å². The van der Waals surface area contributed by atoms with Crippen molar-refractivity contribution in [2.24, 2.45) is 5.73 Å². The van der Waals surface area contributed by atoms with Crippen LogP contribution in [-0.2, 0) is 12.0 Å². The van der Waals surface area contributed by atoms with Gasteiger partial charge in [-0.25, -0.2) is 4.39 Å². The highest BCUT2D eigenvalue weighted by Gasteiger charge is 2.35. The Kier molecular flexibility index (Phi) is 2.29. The van der Waals surface area contributed by atoms with Gasteiger partial charge >= 0.3 is 0 Å². The SMILES string of the molecule is NC1(CCO)CCc2c(F)cccc21. The Morgan fingerprint density at radius 2 is 2.29 bits per heavy atom. The van der Waals surface area contributed by atoms with Crippen LogP contribution in [-0.4, -0.2) is 11.7 Å². The van der Waals surface area contributed by atoms with E-state index in [9.17, 15) is 4.39 Å². The number of halogens is 1. The van der Waals surface area contributed by atoms with Gasteiger partial charge in [0.15, 0.2) is 0 Å². The standard InChI is InChI=1S/C11H14FNO/c12-10-3-1-2-9-8(10)4-5-11(9,13)6-7-14/h1-3,14H,4-7,13H2. The first-order valence-corrected chi connectivity index (χ1v) is 4.85. The highest BCUT2D eigenvalue weighted by molar-refractivity contribution is 5.39. The van der Waals surface area contributed by atoms with Crippen LogP contribution in [0.5, 0.6) is 0 Å². The summed E-state index contributed by atoms with van der Waals surface area (Å²) in [6.45, 7) is 0.0481. The molecule has 1 atom stereocenters. The van der Waals surface area contributed by atoms with Gasteiger partial charge in [0, 0.05) is 12.1 Å². The average molecular weight is 195 g/mol. The van der Waals surface area contributed by atoms with Crippen LogP contribution in [0.15, 0.2) is 18.2 Å². The summed E-state index contributed by atoms with van der Waals surface area (Å²) in [5, 5.41) is 8.91. The van der Waals surface area contributed by atoms with Crippen molar-refractivity contribution >= 4 is 0 Å². The van der Waals surface area contributed by atoms with E-state index in [1.807, 2.05) is 6.07 Å². The third-order valence-electron chi connectivity index (χ3n) is 3.03. The predicted molar refractivity (Wildman–Crippen MR) is 52.3 cm³/mol. The summed E-state index contributed by atoms with van der Waals surface area (Å²) in [6, 6.07) is 5.00. The molecule has 1 aromatic carbocycles.